The highest BCUT2D eigenvalue weighted by atomic mass is 16.7. The zero-order valence-electron chi connectivity index (χ0n) is 85.8. The van der Waals surface area contributed by atoms with Crippen molar-refractivity contribution < 1.29 is 191 Å². The predicted molar refractivity (Wildman–Crippen MR) is 503 cm³/mol. The summed E-state index contributed by atoms with van der Waals surface area (Å²) in [5.74, 6) is -11.3. The Balaban J connectivity index is 1.19. The molecule has 0 aromatic rings. The molecule has 0 radical (unpaired) electrons. The molecule has 15 atom stereocenters. The number of aliphatic hydroxyl groups is 2. The summed E-state index contributed by atoms with van der Waals surface area (Å²) in [6, 6.07) is -3.55. The molecule has 1 saturated carbocycles. The van der Waals surface area contributed by atoms with Crippen LogP contribution in [0.1, 0.15) is 231 Å². The Labute approximate surface area is 848 Å². The molecule has 1 aliphatic carbocycles. The van der Waals surface area contributed by atoms with Crippen LogP contribution in [0.5, 0.6) is 0 Å². The Morgan fingerprint density at radius 2 is 0.568 bits per heavy atom. The number of rotatable bonds is 68. The average molecular weight is 2090 g/mol. The van der Waals surface area contributed by atoms with Crippen LogP contribution in [0.15, 0.2) is 0 Å². The van der Waals surface area contributed by atoms with Crippen LogP contribution < -0.4 is 53.2 Å². The third-order valence-corrected chi connectivity index (χ3v) is 23.9. The van der Waals surface area contributed by atoms with Gasteiger partial charge in [-0.05, 0) is 96.3 Å². The van der Waals surface area contributed by atoms with Gasteiger partial charge in [-0.15, -0.1) is 0 Å². The molecular weight excluding hydrogens is 1940 g/mol. The highest BCUT2D eigenvalue weighted by Crippen LogP contribution is 2.50. The first-order valence-corrected chi connectivity index (χ1v) is 49.6. The molecule has 51 nitrogen and oxygen atoms in total. The van der Waals surface area contributed by atoms with Crippen LogP contribution in [0.3, 0.4) is 0 Å². The summed E-state index contributed by atoms with van der Waals surface area (Å²) in [6.45, 7) is 12.5. The summed E-state index contributed by atoms with van der Waals surface area (Å²) in [4.78, 5) is 254. The highest BCUT2D eigenvalue weighted by Gasteiger charge is 2.56. The van der Waals surface area contributed by atoms with Crippen molar-refractivity contribution in [1.82, 2.24) is 58.1 Å². The van der Waals surface area contributed by atoms with Crippen LogP contribution in [-0.4, -0.2) is 376 Å². The van der Waals surface area contributed by atoms with E-state index in [2.05, 4.69) is 53.2 Å². The van der Waals surface area contributed by atoms with E-state index < -0.39 is 218 Å². The van der Waals surface area contributed by atoms with Crippen LogP contribution in [-0.2, 0) is 181 Å². The van der Waals surface area contributed by atoms with E-state index in [0.717, 1.165) is 75.2 Å². The van der Waals surface area contributed by atoms with Crippen molar-refractivity contribution in [3.05, 3.63) is 0 Å². The molecule has 5 rings (SSSR count). The normalized spacial score (nSPS) is 22.6. The molecule has 5 aliphatic rings. The topological polar surface area (TPSA) is 672 Å². The summed E-state index contributed by atoms with van der Waals surface area (Å²) >= 11 is 0. The maximum absolute atomic E-state index is 14.3. The first kappa shape index (κ1) is 125. The number of hydrogen-bond acceptors (Lipinski definition) is 40. The molecule has 4 aliphatic heterocycles. The Morgan fingerprint density at radius 3 is 0.836 bits per heavy atom. The minimum absolute atomic E-state index is 0.0253. The minimum atomic E-state index is -1.56. The fourth-order valence-corrected chi connectivity index (χ4v) is 16.8. The van der Waals surface area contributed by atoms with E-state index in [-0.39, 0.29) is 199 Å². The Bertz CT molecular complexity index is 3870. The number of carbonyl (C=O) groups excluding carboxylic acids is 20. The second kappa shape index (κ2) is 67.0. The first-order chi connectivity index (χ1) is 69.4. The van der Waals surface area contributed by atoms with Crippen molar-refractivity contribution in [3.8, 4) is 0 Å². The quantitative estimate of drug-likeness (QED) is 0.0185. The van der Waals surface area contributed by atoms with E-state index >= 15 is 0 Å². The van der Waals surface area contributed by atoms with Gasteiger partial charge in [0.15, 0.2) is 55.5 Å². The molecule has 146 heavy (non-hydrogen) atoms. The number of hydrogen-bond donors (Lipinski definition) is 12. The number of likely N-dealkylation sites (tertiary alicyclic amines) is 1. The van der Waals surface area contributed by atoms with Crippen molar-refractivity contribution in [1.29, 1.82) is 0 Å². The molecule has 0 aromatic heterocycles. The average Bonchev–Trinajstić information content (AvgIpc) is 0.745. The van der Waals surface area contributed by atoms with E-state index in [1.54, 1.807) is 4.90 Å². The zero-order chi connectivity index (χ0) is 108. The predicted octanol–water partition coefficient (Wildman–Crippen LogP) is -1.61. The summed E-state index contributed by atoms with van der Waals surface area (Å²) in [7, 11) is 0. The molecule has 1 spiro atoms. The molecule has 51 heteroatoms. The molecule has 4 saturated heterocycles. The van der Waals surface area contributed by atoms with Crippen molar-refractivity contribution in [2.45, 2.75) is 328 Å². The lowest BCUT2D eigenvalue weighted by molar-refractivity contribution is -0.277. The Kier molecular flexibility index (Phi) is 57.6. The maximum Gasteiger partial charge on any atom is 0.303 e. The maximum atomic E-state index is 14.3. The standard InChI is InChI=1S/C95H153N11O40/c1-58(109)102-81-87(141-67(10)118)84(138-64(7)115)70(48-135-61(4)112)144-90(81)132-42-18-15-24-73(121)96-36-21-39-99-76(124)29-45-129-55-95(105-79(127)27-13-14-28-80(128)106-51-93(52-106)32-34-94(53-107,54-108)35-33-93,56-130-46-30-77(125)100-40-22-37-97-74(122)25-16-19-43-133-91-82(103-59(2)110)88(142-68(11)119)85(139-65(8)116)71(145-91)49-136-62(5)113)57-131-47-31-78(126)101-41-23-38-98-75(123)26-17-20-44-134-92-83(104-60(3)111)89(143-69(12)120)86(140-66(9)117)72(146-92)50-137-63(6)114/h70-72,81-92,107-108H,13-57H2,1-12H3,(H,96,121)(H,97,122)(H,98,123)(H,99,124)(H,100,125)(H,101,126)(H,102,109)(H,103,110)(H,104,111)(H,105,127). The monoisotopic (exact) mass is 2090 g/mol. The van der Waals surface area contributed by atoms with Gasteiger partial charge in [0.2, 0.25) is 65.0 Å². The number of unbranched alkanes of at least 4 members (excludes halogenated alkanes) is 4. The molecule has 12 N–H and O–H groups in total. The fraction of sp³-hybridized carbons (Fsp3) is 0.789. The van der Waals surface area contributed by atoms with E-state index in [1.165, 1.54) is 20.8 Å². The molecule has 4 heterocycles. The lowest BCUT2D eigenvalue weighted by atomic mass is 9.61. The number of aliphatic hydroxyl groups excluding tert-OH is 2. The zero-order valence-corrected chi connectivity index (χ0v) is 85.8. The molecular formula is C95H153N11O40. The fourth-order valence-electron chi connectivity index (χ4n) is 16.8. The van der Waals surface area contributed by atoms with Crippen LogP contribution in [0, 0.1) is 10.8 Å². The van der Waals surface area contributed by atoms with E-state index in [9.17, 15) is 106 Å². The SMILES string of the molecule is CC(=O)NC1C(OCCCCC(=O)NCCCNC(=O)CCOCC(COCCC(=O)NCCCNC(=O)CCCCOC2OC(COC(C)=O)C(OC(C)=O)C(OC(C)=O)C2NC(C)=O)(COCCC(=O)NCCCNC(=O)CCCCOC2OC(COC(C)=O)C(OC(C)=O)C(OC(C)=O)C2NC(C)=O)NC(=O)CCCCC(=O)N2CC3(CCC(CO)(CO)CC3)C2)OC(COC(C)=O)C(OC(C)=O)C1OC(C)=O. The number of nitrogens with zero attached hydrogens (tertiary/aromatic N) is 1. The van der Waals surface area contributed by atoms with Gasteiger partial charge in [0.05, 0.1) is 52.9 Å². The molecule has 0 bridgehead atoms. The first-order valence-electron chi connectivity index (χ1n) is 49.6. The number of nitrogens with one attached hydrogen (secondary N) is 10. The van der Waals surface area contributed by atoms with Crippen molar-refractivity contribution in [3.63, 3.8) is 0 Å². The van der Waals surface area contributed by atoms with Crippen LogP contribution in [0.4, 0.5) is 0 Å². The molecule has 0 aromatic carbocycles. The van der Waals surface area contributed by atoms with Gasteiger partial charge in [0.25, 0.3) is 0 Å². The number of amides is 11. The number of ether oxygens (including phenoxy) is 18. The van der Waals surface area contributed by atoms with Gasteiger partial charge in [-0.3, -0.25) is 95.9 Å². The minimum Gasteiger partial charge on any atom is -0.463 e. The van der Waals surface area contributed by atoms with Gasteiger partial charge >= 0.3 is 53.7 Å². The number of carbonyl (C=O) groups is 20. The molecule has 828 valence electrons. The Morgan fingerprint density at radius 1 is 0.308 bits per heavy atom. The third-order valence-electron chi connectivity index (χ3n) is 23.9. The van der Waals surface area contributed by atoms with E-state index in [1.807, 2.05) is 0 Å². The lowest BCUT2D eigenvalue weighted by Gasteiger charge is -2.55. The Hall–Kier alpha value is -11.0. The molecule has 15 unspecified atom stereocenters. The van der Waals surface area contributed by atoms with Crippen LogP contribution in [0.25, 0.3) is 0 Å². The summed E-state index contributed by atoms with van der Waals surface area (Å²) < 4.78 is 103. The smallest absolute Gasteiger partial charge is 0.303 e. The van der Waals surface area contributed by atoms with Crippen LogP contribution >= 0.6 is 0 Å². The van der Waals surface area contributed by atoms with Crippen molar-refractivity contribution >= 4 is 119 Å². The van der Waals surface area contributed by atoms with E-state index in [4.69, 9.17) is 85.3 Å². The van der Waals surface area contributed by atoms with Gasteiger partial charge in [-0.2, -0.15) is 0 Å². The molecule has 11 amide bonds. The van der Waals surface area contributed by atoms with Gasteiger partial charge in [-0.25, -0.2) is 0 Å². The lowest BCUT2D eigenvalue weighted by Crippen LogP contribution is -2.66. The van der Waals surface area contributed by atoms with Crippen molar-refractivity contribution in [2.24, 2.45) is 10.8 Å². The van der Waals surface area contributed by atoms with Gasteiger partial charge in [0, 0.05) is 217 Å². The summed E-state index contributed by atoms with van der Waals surface area (Å²) in [5, 5.41) is 47.6. The number of esters is 9. The summed E-state index contributed by atoms with van der Waals surface area (Å²) in [6.07, 6.45) is -9.51. The van der Waals surface area contributed by atoms with Crippen LogP contribution in [0.2, 0.25) is 0 Å². The third kappa shape index (κ3) is 48.7. The van der Waals surface area contributed by atoms with Gasteiger partial charge in [-0.1, -0.05) is 0 Å². The highest BCUT2D eigenvalue weighted by molar-refractivity contribution is 5.81. The van der Waals surface area contributed by atoms with Crippen molar-refractivity contribution in [2.75, 3.05) is 145 Å². The second-order valence-corrected chi connectivity index (χ2v) is 36.8. The van der Waals surface area contributed by atoms with Gasteiger partial charge in [0.1, 0.15) is 61.8 Å². The second-order valence-electron chi connectivity index (χ2n) is 36.8. The molecule has 5 fully saturated rings. The van der Waals surface area contributed by atoms with Gasteiger partial charge < -0.3 is 154 Å². The largest absolute Gasteiger partial charge is 0.463 e. The summed E-state index contributed by atoms with van der Waals surface area (Å²) in [5.41, 5.74) is -2.18. The van der Waals surface area contributed by atoms with E-state index in [0.29, 0.717) is 90.1 Å².